The average Bonchev–Trinajstić information content (AvgIpc) is 2.49. The zero-order valence-corrected chi connectivity index (χ0v) is 14.9. The number of piperidine rings is 1. The van der Waals surface area contributed by atoms with Crippen LogP contribution in [0.1, 0.15) is 43.4 Å². The second-order valence-electron chi connectivity index (χ2n) is 7.62. The summed E-state index contributed by atoms with van der Waals surface area (Å²) in [5, 5.41) is 11.0. The molecule has 2 heterocycles. The summed E-state index contributed by atoms with van der Waals surface area (Å²) in [6.07, 6.45) is 6.95. The Morgan fingerprint density at radius 2 is 2.21 bits per heavy atom. The summed E-state index contributed by atoms with van der Waals surface area (Å²) >= 11 is 0. The minimum absolute atomic E-state index is 0.0785. The molecule has 0 bridgehead atoms. The van der Waals surface area contributed by atoms with Gasteiger partial charge < -0.3 is 10.0 Å². The van der Waals surface area contributed by atoms with E-state index in [9.17, 15) is 9.90 Å². The Kier molecular flexibility index (Phi) is 5.21. The second-order valence-corrected chi connectivity index (χ2v) is 7.62. The molecule has 3 rings (SSSR count). The van der Waals surface area contributed by atoms with Crippen LogP contribution in [0.15, 0.2) is 18.3 Å². The van der Waals surface area contributed by atoms with Crippen LogP contribution in [0.4, 0.5) is 0 Å². The normalized spacial score (nSPS) is 25.2. The van der Waals surface area contributed by atoms with Crippen LogP contribution in [0, 0.1) is 12.8 Å². The standard InChI is InChI=1S/C19H29N3O2/c1-15-6-4-10-20-17(15)13-21(2)14-19(24)9-5-11-22(18(19)23)12-16-7-3-8-16/h4,6,10,16,24H,3,5,7-9,11-14H2,1-2H3. The predicted octanol–water partition coefficient (Wildman–Crippen LogP) is 1.98. The molecule has 132 valence electrons. The van der Waals surface area contributed by atoms with E-state index in [0.717, 1.165) is 30.8 Å². The number of rotatable bonds is 6. The number of hydrogen-bond donors (Lipinski definition) is 1. The Morgan fingerprint density at radius 1 is 1.42 bits per heavy atom. The largest absolute Gasteiger partial charge is 0.379 e. The van der Waals surface area contributed by atoms with E-state index in [1.165, 1.54) is 19.3 Å². The van der Waals surface area contributed by atoms with Crippen LogP contribution in [-0.4, -0.2) is 58.1 Å². The first-order valence-corrected chi connectivity index (χ1v) is 9.09. The summed E-state index contributed by atoms with van der Waals surface area (Å²) in [5.41, 5.74) is 0.885. The summed E-state index contributed by atoms with van der Waals surface area (Å²) in [6, 6.07) is 3.96. The molecule has 2 aliphatic rings. The van der Waals surface area contributed by atoms with Gasteiger partial charge in [0.25, 0.3) is 5.91 Å². The molecule has 24 heavy (non-hydrogen) atoms. The molecule has 1 aliphatic carbocycles. The third-order valence-electron chi connectivity index (χ3n) is 5.48. The molecular formula is C19H29N3O2. The first-order valence-electron chi connectivity index (χ1n) is 9.09. The van der Waals surface area contributed by atoms with Crippen molar-refractivity contribution in [3.05, 3.63) is 29.6 Å². The number of aromatic nitrogens is 1. The zero-order valence-electron chi connectivity index (χ0n) is 14.9. The smallest absolute Gasteiger partial charge is 0.255 e. The molecule has 5 nitrogen and oxygen atoms in total. The van der Waals surface area contributed by atoms with Gasteiger partial charge in [-0.05, 0) is 57.2 Å². The lowest BCUT2D eigenvalue weighted by Crippen LogP contribution is -2.59. The van der Waals surface area contributed by atoms with E-state index >= 15 is 0 Å². The van der Waals surface area contributed by atoms with E-state index in [-0.39, 0.29) is 5.91 Å². The highest BCUT2D eigenvalue weighted by molar-refractivity contribution is 5.86. The summed E-state index contributed by atoms with van der Waals surface area (Å²) in [5.74, 6) is 0.565. The van der Waals surface area contributed by atoms with Gasteiger partial charge in [-0.3, -0.25) is 14.7 Å². The molecule has 1 N–H and O–H groups in total. The van der Waals surface area contributed by atoms with Gasteiger partial charge in [0.05, 0.1) is 5.69 Å². The first-order chi connectivity index (χ1) is 11.5. The van der Waals surface area contributed by atoms with Crippen LogP contribution >= 0.6 is 0 Å². The number of likely N-dealkylation sites (N-methyl/N-ethyl adjacent to an activating group) is 1. The topological polar surface area (TPSA) is 56.7 Å². The molecule has 5 heteroatoms. The monoisotopic (exact) mass is 331 g/mol. The van der Waals surface area contributed by atoms with Crippen molar-refractivity contribution in [1.29, 1.82) is 0 Å². The maximum Gasteiger partial charge on any atom is 0.255 e. The third-order valence-corrected chi connectivity index (χ3v) is 5.48. The van der Waals surface area contributed by atoms with E-state index in [1.54, 1.807) is 6.20 Å². The van der Waals surface area contributed by atoms with Gasteiger partial charge in [-0.25, -0.2) is 0 Å². The number of carbonyl (C=O) groups excluding carboxylic acids is 1. The third kappa shape index (κ3) is 3.78. The van der Waals surface area contributed by atoms with Crippen LogP contribution in [0.25, 0.3) is 0 Å². The molecule has 1 saturated heterocycles. The Balaban J connectivity index is 1.61. The number of likely N-dealkylation sites (tertiary alicyclic amines) is 1. The molecule has 1 aliphatic heterocycles. The Labute approximate surface area is 144 Å². The molecule has 1 saturated carbocycles. The minimum Gasteiger partial charge on any atom is -0.379 e. The van der Waals surface area contributed by atoms with Crippen molar-refractivity contribution < 1.29 is 9.90 Å². The number of aliphatic hydroxyl groups is 1. The molecular weight excluding hydrogens is 302 g/mol. The molecule has 1 atom stereocenters. The molecule has 0 spiro atoms. The van der Waals surface area contributed by atoms with Crippen molar-refractivity contribution in [2.75, 3.05) is 26.7 Å². The number of aryl methyl sites for hydroxylation is 1. The summed E-state index contributed by atoms with van der Waals surface area (Å²) in [6.45, 7) is 4.66. The van der Waals surface area contributed by atoms with E-state index in [1.807, 2.05) is 35.9 Å². The molecule has 1 amide bonds. The van der Waals surface area contributed by atoms with Crippen molar-refractivity contribution in [3.63, 3.8) is 0 Å². The van der Waals surface area contributed by atoms with Crippen LogP contribution < -0.4 is 0 Å². The van der Waals surface area contributed by atoms with Gasteiger partial charge in [-0.1, -0.05) is 12.5 Å². The predicted molar refractivity (Wildman–Crippen MR) is 93.4 cm³/mol. The second kappa shape index (κ2) is 7.19. The maximum atomic E-state index is 12.8. The first kappa shape index (κ1) is 17.4. The van der Waals surface area contributed by atoms with E-state index < -0.39 is 5.60 Å². The molecule has 0 aromatic carbocycles. The van der Waals surface area contributed by atoms with Crippen molar-refractivity contribution in [3.8, 4) is 0 Å². The summed E-state index contributed by atoms with van der Waals surface area (Å²) < 4.78 is 0. The number of hydrogen-bond acceptors (Lipinski definition) is 4. The fraction of sp³-hybridized carbons (Fsp3) is 0.684. The molecule has 0 radical (unpaired) electrons. The summed E-state index contributed by atoms with van der Waals surface area (Å²) in [4.78, 5) is 21.1. The Morgan fingerprint density at radius 3 is 2.88 bits per heavy atom. The van der Waals surface area contributed by atoms with E-state index in [2.05, 4.69) is 4.98 Å². The van der Waals surface area contributed by atoms with Crippen molar-refractivity contribution in [2.24, 2.45) is 5.92 Å². The quantitative estimate of drug-likeness (QED) is 0.866. The van der Waals surface area contributed by atoms with Gasteiger partial charge in [0.15, 0.2) is 5.60 Å². The van der Waals surface area contributed by atoms with Crippen LogP contribution in [0.3, 0.4) is 0 Å². The molecule has 1 unspecified atom stereocenters. The summed E-state index contributed by atoms with van der Waals surface area (Å²) in [7, 11) is 1.95. The molecule has 1 aromatic rings. The lowest BCUT2D eigenvalue weighted by Gasteiger charge is -2.42. The van der Waals surface area contributed by atoms with Gasteiger partial charge in [0.1, 0.15) is 0 Å². The fourth-order valence-corrected chi connectivity index (χ4v) is 3.82. The fourth-order valence-electron chi connectivity index (χ4n) is 3.82. The van der Waals surface area contributed by atoms with E-state index in [0.29, 0.717) is 25.4 Å². The van der Waals surface area contributed by atoms with Crippen molar-refractivity contribution in [2.45, 2.75) is 51.2 Å². The lowest BCUT2D eigenvalue weighted by molar-refractivity contribution is -0.160. The SMILES string of the molecule is Cc1cccnc1CN(C)CC1(O)CCCN(CC2CCC2)C1=O. The molecule has 2 fully saturated rings. The van der Waals surface area contributed by atoms with Crippen molar-refractivity contribution in [1.82, 2.24) is 14.8 Å². The Hall–Kier alpha value is -1.46. The van der Waals surface area contributed by atoms with Crippen molar-refractivity contribution >= 4 is 5.91 Å². The Bertz CT molecular complexity index is 588. The zero-order chi connectivity index (χ0) is 17.2. The lowest BCUT2D eigenvalue weighted by atomic mass is 9.83. The van der Waals surface area contributed by atoms with Gasteiger partial charge in [-0.2, -0.15) is 0 Å². The minimum atomic E-state index is -1.25. The highest BCUT2D eigenvalue weighted by Gasteiger charge is 2.43. The number of pyridine rings is 1. The van der Waals surface area contributed by atoms with Gasteiger partial charge in [-0.15, -0.1) is 0 Å². The molecule has 1 aromatic heterocycles. The number of nitrogens with zero attached hydrogens (tertiary/aromatic N) is 3. The average molecular weight is 331 g/mol. The van der Waals surface area contributed by atoms with Gasteiger partial charge >= 0.3 is 0 Å². The maximum absolute atomic E-state index is 12.8. The highest BCUT2D eigenvalue weighted by Crippen LogP contribution is 2.30. The van der Waals surface area contributed by atoms with Crippen LogP contribution in [-0.2, 0) is 11.3 Å². The van der Waals surface area contributed by atoms with E-state index in [4.69, 9.17) is 0 Å². The van der Waals surface area contributed by atoms with Gasteiger partial charge in [0.2, 0.25) is 0 Å². The number of carbonyl (C=O) groups is 1. The highest BCUT2D eigenvalue weighted by atomic mass is 16.3. The van der Waals surface area contributed by atoms with Crippen LogP contribution in [0.5, 0.6) is 0 Å². The van der Waals surface area contributed by atoms with Crippen LogP contribution in [0.2, 0.25) is 0 Å². The van der Waals surface area contributed by atoms with Gasteiger partial charge in [0, 0.05) is 32.4 Å². The number of amides is 1.